The van der Waals surface area contributed by atoms with E-state index in [0.717, 1.165) is 11.8 Å². The predicted octanol–water partition coefficient (Wildman–Crippen LogP) is 2.40. The van der Waals surface area contributed by atoms with Gasteiger partial charge in [-0.05, 0) is 19.1 Å². The highest BCUT2D eigenvalue weighted by atomic mass is 16.5. The minimum Gasteiger partial charge on any atom is -0.497 e. The van der Waals surface area contributed by atoms with Crippen LogP contribution >= 0.6 is 0 Å². The smallest absolute Gasteiger partial charge is 0.153 e. The molecule has 1 heterocycles. The topological polar surface area (TPSA) is 53.4 Å². The van der Waals surface area contributed by atoms with Crippen molar-refractivity contribution in [3.05, 3.63) is 30.0 Å². The van der Waals surface area contributed by atoms with Gasteiger partial charge in [-0.15, -0.1) is 0 Å². The number of hydrogen-bond donors (Lipinski definition) is 0. The van der Waals surface area contributed by atoms with Crippen molar-refractivity contribution in [3.63, 3.8) is 0 Å². The first-order valence-corrected chi connectivity index (χ1v) is 5.98. The number of benzene rings is 1. The number of rotatable bonds is 5. The SMILES string of the molecule is CCn1cc(C=O)c(-c2ccc(OC)cc2OC)n1. The van der Waals surface area contributed by atoms with Crippen molar-refractivity contribution in [1.82, 2.24) is 9.78 Å². The highest BCUT2D eigenvalue weighted by Crippen LogP contribution is 2.33. The zero-order chi connectivity index (χ0) is 13.8. The Balaban J connectivity index is 2.57. The molecule has 5 nitrogen and oxygen atoms in total. The summed E-state index contributed by atoms with van der Waals surface area (Å²) in [5, 5.41) is 4.40. The number of methoxy groups -OCH3 is 2. The molecular formula is C14H16N2O3. The second kappa shape index (κ2) is 5.56. The second-order valence-electron chi connectivity index (χ2n) is 3.97. The van der Waals surface area contributed by atoms with E-state index in [1.54, 1.807) is 31.2 Å². The van der Waals surface area contributed by atoms with E-state index in [1.165, 1.54) is 0 Å². The fourth-order valence-electron chi connectivity index (χ4n) is 1.89. The third-order valence-electron chi connectivity index (χ3n) is 2.90. The van der Waals surface area contributed by atoms with Gasteiger partial charge in [0.25, 0.3) is 0 Å². The normalized spacial score (nSPS) is 10.3. The zero-order valence-corrected chi connectivity index (χ0v) is 11.2. The molecule has 0 saturated carbocycles. The lowest BCUT2D eigenvalue weighted by molar-refractivity contribution is 0.112. The van der Waals surface area contributed by atoms with Crippen molar-refractivity contribution in [2.24, 2.45) is 0 Å². The fraction of sp³-hybridized carbons (Fsp3) is 0.286. The van der Waals surface area contributed by atoms with Gasteiger partial charge in [-0.25, -0.2) is 0 Å². The van der Waals surface area contributed by atoms with Crippen LogP contribution in [0.3, 0.4) is 0 Å². The molecule has 0 saturated heterocycles. The van der Waals surface area contributed by atoms with Crippen LogP contribution < -0.4 is 9.47 Å². The van der Waals surface area contributed by atoms with Gasteiger partial charge in [-0.1, -0.05) is 0 Å². The molecule has 19 heavy (non-hydrogen) atoms. The summed E-state index contributed by atoms with van der Waals surface area (Å²) >= 11 is 0. The number of carbonyl (C=O) groups is 1. The van der Waals surface area contributed by atoms with Gasteiger partial charge in [0, 0.05) is 24.4 Å². The Morgan fingerprint density at radius 3 is 2.68 bits per heavy atom. The van der Waals surface area contributed by atoms with E-state index in [-0.39, 0.29) is 0 Å². The summed E-state index contributed by atoms with van der Waals surface area (Å²) in [5.74, 6) is 1.33. The molecule has 2 rings (SSSR count). The number of carbonyl (C=O) groups excluding carboxylic acids is 1. The molecule has 100 valence electrons. The van der Waals surface area contributed by atoms with E-state index >= 15 is 0 Å². The molecule has 0 radical (unpaired) electrons. The Kier molecular flexibility index (Phi) is 3.85. The molecule has 0 amide bonds. The van der Waals surface area contributed by atoms with E-state index in [0.29, 0.717) is 29.3 Å². The largest absolute Gasteiger partial charge is 0.497 e. The van der Waals surface area contributed by atoms with Crippen LogP contribution in [0.25, 0.3) is 11.3 Å². The van der Waals surface area contributed by atoms with Crippen molar-refractivity contribution >= 4 is 6.29 Å². The number of ether oxygens (including phenoxy) is 2. The van der Waals surface area contributed by atoms with Crippen molar-refractivity contribution in [2.75, 3.05) is 14.2 Å². The van der Waals surface area contributed by atoms with Crippen LogP contribution in [0.5, 0.6) is 11.5 Å². The third kappa shape index (κ3) is 2.45. The maximum Gasteiger partial charge on any atom is 0.153 e. The van der Waals surface area contributed by atoms with Crippen molar-refractivity contribution < 1.29 is 14.3 Å². The summed E-state index contributed by atoms with van der Waals surface area (Å²) in [6, 6.07) is 5.43. The average molecular weight is 260 g/mol. The molecule has 0 unspecified atom stereocenters. The van der Waals surface area contributed by atoms with E-state index in [1.807, 2.05) is 19.1 Å². The monoisotopic (exact) mass is 260 g/mol. The highest BCUT2D eigenvalue weighted by molar-refractivity contribution is 5.87. The van der Waals surface area contributed by atoms with Gasteiger partial charge in [0.2, 0.25) is 0 Å². The predicted molar refractivity (Wildman–Crippen MR) is 71.8 cm³/mol. The standard InChI is InChI=1S/C14H16N2O3/c1-4-16-8-10(9-17)14(15-16)12-6-5-11(18-2)7-13(12)19-3/h5-9H,4H2,1-3H3. The molecule has 0 aliphatic heterocycles. The molecule has 0 atom stereocenters. The van der Waals surface area contributed by atoms with Crippen molar-refractivity contribution in [1.29, 1.82) is 0 Å². The molecule has 0 fully saturated rings. The zero-order valence-electron chi connectivity index (χ0n) is 11.2. The van der Waals surface area contributed by atoms with Gasteiger partial charge in [-0.2, -0.15) is 5.10 Å². The first-order chi connectivity index (χ1) is 9.23. The lowest BCUT2D eigenvalue weighted by Crippen LogP contribution is -1.95. The van der Waals surface area contributed by atoms with Gasteiger partial charge < -0.3 is 9.47 Å². The summed E-state index contributed by atoms with van der Waals surface area (Å²) in [7, 11) is 3.17. The van der Waals surface area contributed by atoms with Crippen LogP contribution in [0.15, 0.2) is 24.4 Å². The molecule has 0 aliphatic carbocycles. The first kappa shape index (κ1) is 13.1. The molecule has 0 aliphatic rings. The number of nitrogens with zero attached hydrogens (tertiary/aromatic N) is 2. The number of aromatic nitrogens is 2. The maximum absolute atomic E-state index is 11.1. The molecule has 0 spiro atoms. The Morgan fingerprint density at radius 2 is 2.11 bits per heavy atom. The number of aryl methyl sites for hydroxylation is 1. The van der Waals surface area contributed by atoms with Gasteiger partial charge in [0.15, 0.2) is 6.29 Å². The molecule has 1 aromatic carbocycles. The Hall–Kier alpha value is -2.30. The van der Waals surface area contributed by atoms with Crippen LogP contribution in [0.1, 0.15) is 17.3 Å². The lowest BCUT2D eigenvalue weighted by Gasteiger charge is -2.09. The van der Waals surface area contributed by atoms with Crippen LogP contribution in [0.2, 0.25) is 0 Å². The molecular weight excluding hydrogens is 244 g/mol. The van der Waals surface area contributed by atoms with Gasteiger partial charge in [0.1, 0.15) is 17.2 Å². The van der Waals surface area contributed by atoms with Crippen LogP contribution in [-0.2, 0) is 6.54 Å². The summed E-state index contributed by atoms with van der Waals surface area (Å²) in [6.07, 6.45) is 2.53. The summed E-state index contributed by atoms with van der Waals surface area (Å²) in [4.78, 5) is 11.1. The number of hydrogen-bond acceptors (Lipinski definition) is 4. The minimum atomic E-state index is 0.547. The molecule has 5 heteroatoms. The van der Waals surface area contributed by atoms with E-state index in [2.05, 4.69) is 5.10 Å². The van der Waals surface area contributed by atoms with Crippen LogP contribution in [0.4, 0.5) is 0 Å². The molecule has 0 N–H and O–H groups in total. The van der Waals surface area contributed by atoms with Crippen molar-refractivity contribution in [2.45, 2.75) is 13.5 Å². The van der Waals surface area contributed by atoms with E-state index in [4.69, 9.17) is 9.47 Å². The fourth-order valence-corrected chi connectivity index (χ4v) is 1.89. The first-order valence-electron chi connectivity index (χ1n) is 5.98. The molecule has 2 aromatic rings. The van der Waals surface area contributed by atoms with Crippen molar-refractivity contribution in [3.8, 4) is 22.8 Å². The Morgan fingerprint density at radius 1 is 1.32 bits per heavy atom. The Bertz CT molecular complexity index is 590. The third-order valence-corrected chi connectivity index (χ3v) is 2.90. The summed E-state index contributed by atoms with van der Waals surface area (Å²) in [6.45, 7) is 2.68. The molecule has 0 bridgehead atoms. The lowest BCUT2D eigenvalue weighted by atomic mass is 10.1. The number of aldehydes is 1. The minimum absolute atomic E-state index is 0.547. The quantitative estimate of drug-likeness (QED) is 0.775. The summed E-state index contributed by atoms with van der Waals surface area (Å²) in [5.41, 5.74) is 1.94. The van der Waals surface area contributed by atoms with E-state index < -0.39 is 0 Å². The highest BCUT2D eigenvalue weighted by Gasteiger charge is 2.15. The van der Waals surface area contributed by atoms with E-state index in [9.17, 15) is 4.79 Å². The Labute approximate surface area is 111 Å². The van der Waals surface area contributed by atoms with Crippen LogP contribution in [-0.4, -0.2) is 30.3 Å². The molecule has 1 aromatic heterocycles. The van der Waals surface area contributed by atoms with Crippen LogP contribution in [0, 0.1) is 0 Å². The maximum atomic E-state index is 11.1. The van der Waals surface area contributed by atoms with Gasteiger partial charge in [0.05, 0.1) is 19.8 Å². The second-order valence-corrected chi connectivity index (χ2v) is 3.97. The van der Waals surface area contributed by atoms with Gasteiger partial charge in [-0.3, -0.25) is 9.48 Å². The average Bonchev–Trinajstić information content (AvgIpc) is 2.89. The summed E-state index contributed by atoms with van der Waals surface area (Å²) < 4.78 is 12.2. The van der Waals surface area contributed by atoms with Gasteiger partial charge >= 0.3 is 0 Å².